The topological polar surface area (TPSA) is 64.4 Å². The van der Waals surface area contributed by atoms with Gasteiger partial charge in [-0.3, -0.25) is 9.48 Å². The maximum atomic E-state index is 10.9. The Kier molecular flexibility index (Phi) is 4.08. The molecule has 0 spiro atoms. The Labute approximate surface area is 117 Å². The van der Waals surface area contributed by atoms with E-state index in [4.69, 9.17) is 9.84 Å². The van der Waals surface area contributed by atoms with E-state index in [0.29, 0.717) is 11.3 Å². The molecule has 106 valence electrons. The number of benzene rings is 1. The van der Waals surface area contributed by atoms with Gasteiger partial charge in [0.25, 0.3) is 0 Å². The first-order valence-corrected chi connectivity index (χ1v) is 6.45. The molecule has 1 aromatic carbocycles. The Bertz CT molecular complexity index is 617. The molecular formula is C15H18N2O3. The van der Waals surface area contributed by atoms with Crippen molar-refractivity contribution in [3.05, 3.63) is 36.0 Å². The van der Waals surface area contributed by atoms with Crippen molar-refractivity contribution in [2.45, 2.75) is 26.3 Å². The van der Waals surface area contributed by atoms with Crippen LogP contribution < -0.4 is 4.74 Å². The van der Waals surface area contributed by atoms with Crippen molar-refractivity contribution in [1.29, 1.82) is 0 Å². The van der Waals surface area contributed by atoms with E-state index in [2.05, 4.69) is 18.9 Å². The highest BCUT2D eigenvalue weighted by Gasteiger charge is 2.13. The van der Waals surface area contributed by atoms with E-state index < -0.39 is 5.97 Å². The maximum absolute atomic E-state index is 10.9. The summed E-state index contributed by atoms with van der Waals surface area (Å²) in [7, 11) is 1.54. The van der Waals surface area contributed by atoms with Gasteiger partial charge in [-0.15, -0.1) is 0 Å². The van der Waals surface area contributed by atoms with Crippen molar-refractivity contribution in [1.82, 2.24) is 9.78 Å². The van der Waals surface area contributed by atoms with Crippen LogP contribution in [0.3, 0.4) is 0 Å². The maximum Gasteiger partial charge on any atom is 0.307 e. The third-order valence-corrected chi connectivity index (χ3v) is 3.08. The van der Waals surface area contributed by atoms with Gasteiger partial charge in [0.05, 0.1) is 19.2 Å². The number of aliphatic carboxylic acids is 1. The number of carbonyl (C=O) groups is 1. The zero-order valence-electron chi connectivity index (χ0n) is 11.8. The van der Waals surface area contributed by atoms with Crippen LogP contribution in [0.5, 0.6) is 5.75 Å². The van der Waals surface area contributed by atoms with E-state index in [1.54, 1.807) is 19.4 Å². The largest absolute Gasteiger partial charge is 0.496 e. The predicted molar refractivity (Wildman–Crippen MR) is 75.9 cm³/mol. The van der Waals surface area contributed by atoms with Crippen molar-refractivity contribution >= 4 is 5.97 Å². The lowest BCUT2D eigenvalue weighted by Crippen LogP contribution is -2.06. The second-order valence-corrected chi connectivity index (χ2v) is 4.85. The third kappa shape index (κ3) is 2.82. The van der Waals surface area contributed by atoms with E-state index in [-0.39, 0.29) is 12.5 Å². The summed E-state index contributed by atoms with van der Waals surface area (Å²) in [5, 5.41) is 13.3. The van der Waals surface area contributed by atoms with Gasteiger partial charge in [-0.1, -0.05) is 0 Å². The molecule has 0 aliphatic carbocycles. The molecule has 0 aliphatic heterocycles. The number of carboxylic acid groups (broad SMARTS) is 1. The molecule has 2 rings (SSSR count). The summed E-state index contributed by atoms with van der Waals surface area (Å²) in [4.78, 5) is 10.9. The molecule has 0 bridgehead atoms. The summed E-state index contributed by atoms with van der Waals surface area (Å²) in [5.41, 5.74) is 2.57. The molecule has 0 saturated heterocycles. The standard InChI is InChI=1S/C15H18N2O3/c1-10(2)17-13(6-7-16-17)11-4-5-14(20-3)12(8-11)9-15(18)19/h4-8,10H,9H2,1-3H3,(H,18,19). The van der Waals surface area contributed by atoms with Crippen LogP contribution in [0, 0.1) is 0 Å². The van der Waals surface area contributed by atoms with Crippen LogP contribution in [-0.2, 0) is 11.2 Å². The number of methoxy groups -OCH3 is 1. The van der Waals surface area contributed by atoms with Gasteiger partial charge in [0.2, 0.25) is 0 Å². The molecule has 1 heterocycles. The second kappa shape index (κ2) is 5.77. The molecule has 5 heteroatoms. The smallest absolute Gasteiger partial charge is 0.307 e. The normalized spacial score (nSPS) is 10.8. The minimum atomic E-state index is -0.877. The van der Waals surface area contributed by atoms with E-state index in [1.165, 1.54) is 0 Å². The first kappa shape index (κ1) is 14.1. The second-order valence-electron chi connectivity index (χ2n) is 4.85. The van der Waals surface area contributed by atoms with Crippen molar-refractivity contribution < 1.29 is 14.6 Å². The number of rotatable bonds is 5. The van der Waals surface area contributed by atoms with Crippen molar-refractivity contribution in [3.63, 3.8) is 0 Å². The summed E-state index contributed by atoms with van der Waals surface area (Å²) >= 11 is 0. The molecule has 2 aromatic rings. The highest BCUT2D eigenvalue weighted by Crippen LogP contribution is 2.28. The van der Waals surface area contributed by atoms with Crippen molar-refractivity contribution in [2.24, 2.45) is 0 Å². The average molecular weight is 274 g/mol. The molecule has 1 N–H and O–H groups in total. The summed E-state index contributed by atoms with van der Waals surface area (Å²) in [6, 6.07) is 7.73. The van der Waals surface area contributed by atoms with E-state index in [9.17, 15) is 4.79 Å². The van der Waals surface area contributed by atoms with Gasteiger partial charge >= 0.3 is 5.97 Å². The SMILES string of the molecule is COc1ccc(-c2ccnn2C(C)C)cc1CC(=O)O. The van der Waals surface area contributed by atoms with E-state index in [0.717, 1.165) is 11.3 Å². The van der Waals surface area contributed by atoms with Gasteiger partial charge in [-0.25, -0.2) is 0 Å². The highest BCUT2D eigenvalue weighted by atomic mass is 16.5. The van der Waals surface area contributed by atoms with Gasteiger partial charge < -0.3 is 9.84 Å². The molecule has 0 amide bonds. The van der Waals surface area contributed by atoms with E-state index >= 15 is 0 Å². The minimum Gasteiger partial charge on any atom is -0.496 e. The molecule has 0 atom stereocenters. The van der Waals surface area contributed by atoms with Crippen LogP contribution in [0.25, 0.3) is 11.3 Å². The number of aromatic nitrogens is 2. The number of ether oxygens (including phenoxy) is 1. The monoisotopic (exact) mass is 274 g/mol. The lowest BCUT2D eigenvalue weighted by molar-refractivity contribution is -0.136. The minimum absolute atomic E-state index is 0.0627. The van der Waals surface area contributed by atoms with Crippen LogP contribution in [-0.4, -0.2) is 28.0 Å². The Morgan fingerprint density at radius 2 is 2.15 bits per heavy atom. The van der Waals surface area contributed by atoms with Crippen LogP contribution in [0.4, 0.5) is 0 Å². The van der Waals surface area contributed by atoms with Crippen LogP contribution in [0.1, 0.15) is 25.5 Å². The van der Waals surface area contributed by atoms with Crippen LogP contribution in [0.2, 0.25) is 0 Å². The summed E-state index contributed by atoms with van der Waals surface area (Å²) < 4.78 is 7.12. The molecule has 0 aliphatic rings. The molecule has 1 aromatic heterocycles. The van der Waals surface area contributed by atoms with Crippen LogP contribution in [0.15, 0.2) is 30.5 Å². The molecule has 0 radical (unpaired) electrons. The summed E-state index contributed by atoms with van der Waals surface area (Å²) in [6.07, 6.45) is 1.68. The Morgan fingerprint density at radius 1 is 1.40 bits per heavy atom. The van der Waals surface area contributed by atoms with Crippen molar-refractivity contribution in [2.75, 3.05) is 7.11 Å². The quantitative estimate of drug-likeness (QED) is 0.910. The zero-order valence-corrected chi connectivity index (χ0v) is 11.8. The number of hydrogen-bond acceptors (Lipinski definition) is 3. The average Bonchev–Trinajstić information content (AvgIpc) is 2.87. The molecule has 0 fully saturated rings. The predicted octanol–water partition coefficient (Wildman–Crippen LogP) is 2.77. The van der Waals surface area contributed by atoms with Crippen LogP contribution >= 0.6 is 0 Å². The third-order valence-electron chi connectivity index (χ3n) is 3.08. The van der Waals surface area contributed by atoms with Gasteiger partial charge in [-0.05, 0) is 38.1 Å². The Hall–Kier alpha value is -2.30. The van der Waals surface area contributed by atoms with Gasteiger partial charge in [0, 0.05) is 23.4 Å². The fourth-order valence-electron chi connectivity index (χ4n) is 2.19. The van der Waals surface area contributed by atoms with Gasteiger partial charge in [0.1, 0.15) is 5.75 Å². The summed E-state index contributed by atoms with van der Waals surface area (Å²) in [6.45, 7) is 4.11. The first-order valence-electron chi connectivity index (χ1n) is 6.45. The highest BCUT2D eigenvalue weighted by molar-refractivity contribution is 5.73. The molecule has 5 nitrogen and oxygen atoms in total. The number of carboxylic acids is 1. The van der Waals surface area contributed by atoms with Gasteiger partial charge in [0.15, 0.2) is 0 Å². The molecule has 20 heavy (non-hydrogen) atoms. The number of hydrogen-bond donors (Lipinski definition) is 1. The fraction of sp³-hybridized carbons (Fsp3) is 0.333. The molecule has 0 saturated carbocycles. The molecular weight excluding hydrogens is 256 g/mol. The lowest BCUT2D eigenvalue weighted by atomic mass is 10.0. The zero-order chi connectivity index (χ0) is 14.7. The summed E-state index contributed by atoms with van der Waals surface area (Å²) in [5.74, 6) is -0.287. The van der Waals surface area contributed by atoms with Gasteiger partial charge in [-0.2, -0.15) is 5.10 Å². The van der Waals surface area contributed by atoms with E-state index in [1.807, 2.05) is 22.9 Å². The van der Waals surface area contributed by atoms with Crippen molar-refractivity contribution in [3.8, 4) is 17.0 Å². The first-order chi connectivity index (χ1) is 9.52. The number of nitrogens with zero attached hydrogens (tertiary/aromatic N) is 2. The lowest BCUT2D eigenvalue weighted by Gasteiger charge is -2.13. The Balaban J connectivity index is 2.47. The molecule has 0 unspecified atom stereocenters. The Morgan fingerprint density at radius 3 is 2.75 bits per heavy atom. The fourth-order valence-corrected chi connectivity index (χ4v) is 2.19.